The number of ether oxygens (including phenoxy) is 2. The smallest absolute Gasteiger partial charge is 0.347 e. The molecule has 6 nitrogen and oxygen atoms in total. The molecule has 28 heavy (non-hydrogen) atoms. The highest BCUT2D eigenvalue weighted by molar-refractivity contribution is 5.91. The first-order valence-electron chi connectivity index (χ1n) is 8.91. The van der Waals surface area contributed by atoms with Crippen LogP contribution in [0.4, 0.5) is 0 Å². The number of aliphatic carboxylic acids is 1. The van der Waals surface area contributed by atoms with Gasteiger partial charge in [0.2, 0.25) is 5.91 Å². The molecular weight excluding hydrogens is 358 g/mol. The molecule has 0 fully saturated rings. The van der Waals surface area contributed by atoms with Gasteiger partial charge in [0.15, 0.2) is 5.60 Å². The predicted molar refractivity (Wildman–Crippen MR) is 108 cm³/mol. The number of benzene rings is 2. The molecule has 2 aromatic rings. The number of carboxylic acid groups (broad SMARTS) is 1. The summed E-state index contributed by atoms with van der Waals surface area (Å²) in [6.07, 6.45) is 3.89. The molecule has 0 unspecified atom stereocenters. The summed E-state index contributed by atoms with van der Waals surface area (Å²) in [6, 6.07) is 14.6. The molecule has 0 saturated carbocycles. The zero-order chi connectivity index (χ0) is 20.6. The Labute approximate surface area is 164 Å². The Morgan fingerprint density at radius 3 is 2.21 bits per heavy atom. The molecule has 1 amide bonds. The van der Waals surface area contributed by atoms with E-state index in [4.69, 9.17) is 14.6 Å². The number of methoxy groups -OCH3 is 1. The van der Waals surface area contributed by atoms with Crippen LogP contribution in [0.15, 0.2) is 54.6 Å². The molecule has 0 aliphatic rings. The number of carbonyl (C=O) groups is 2. The summed E-state index contributed by atoms with van der Waals surface area (Å²) >= 11 is 0. The SMILES string of the molecule is COc1ccc(C=CC(=O)NCCc2ccc(OC(C)(C)C(=O)O)cc2)cc1. The lowest BCUT2D eigenvalue weighted by atomic mass is 10.1. The minimum atomic E-state index is -1.29. The molecule has 2 aromatic carbocycles. The van der Waals surface area contributed by atoms with Gasteiger partial charge in [0, 0.05) is 12.6 Å². The van der Waals surface area contributed by atoms with Gasteiger partial charge in [0.25, 0.3) is 0 Å². The fourth-order valence-electron chi connectivity index (χ4n) is 2.34. The molecule has 0 aromatic heterocycles. The van der Waals surface area contributed by atoms with Gasteiger partial charge in [0.05, 0.1) is 7.11 Å². The van der Waals surface area contributed by atoms with E-state index >= 15 is 0 Å². The maximum atomic E-state index is 11.9. The second-order valence-corrected chi connectivity index (χ2v) is 6.71. The van der Waals surface area contributed by atoms with Gasteiger partial charge >= 0.3 is 5.97 Å². The standard InChI is InChI=1S/C22H25NO5/c1-22(2,21(25)26)28-19-11-6-17(7-12-19)14-15-23-20(24)13-8-16-4-9-18(27-3)10-5-16/h4-13H,14-15H2,1-3H3,(H,23,24)(H,25,26). The summed E-state index contributed by atoms with van der Waals surface area (Å²) in [4.78, 5) is 23.0. The quantitative estimate of drug-likeness (QED) is 0.649. The average molecular weight is 383 g/mol. The highest BCUT2D eigenvalue weighted by Crippen LogP contribution is 2.19. The Morgan fingerprint density at radius 2 is 1.64 bits per heavy atom. The van der Waals surface area contributed by atoms with Crippen molar-refractivity contribution in [3.05, 3.63) is 65.7 Å². The summed E-state index contributed by atoms with van der Waals surface area (Å²) in [5, 5.41) is 11.9. The number of rotatable bonds is 9. The molecule has 0 radical (unpaired) electrons. The van der Waals surface area contributed by atoms with Gasteiger partial charge in [-0.15, -0.1) is 0 Å². The van der Waals surface area contributed by atoms with Crippen LogP contribution in [0.5, 0.6) is 11.5 Å². The molecule has 6 heteroatoms. The molecular formula is C22H25NO5. The van der Waals surface area contributed by atoms with Crippen LogP contribution in [0.2, 0.25) is 0 Å². The van der Waals surface area contributed by atoms with E-state index in [0.717, 1.165) is 16.9 Å². The second-order valence-electron chi connectivity index (χ2n) is 6.71. The van der Waals surface area contributed by atoms with Crippen molar-refractivity contribution >= 4 is 18.0 Å². The van der Waals surface area contributed by atoms with E-state index in [9.17, 15) is 9.59 Å². The summed E-state index contributed by atoms with van der Waals surface area (Å²) in [5.41, 5.74) is 0.641. The maximum absolute atomic E-state index is 11.9. The van der Waals surface area contributed by atoms with Crippen LogP contribution in [0, 0.1) is 0 Å². The second kappa shape index (κ2) is 9.60. The first-order chi connectivity index (χ1) is 13.3. The van der Waals surface area contributed by atoms with Crippen molar-refractivity contribution in [1.82, 2.24) is 5.32 Å². The Balaban J connectivity index is 1.78. The third-order valence-corrected chi connectivity index (χ3v) is 4.07. The van der Waals surface area contributed by atoms with Crippen LogP contribution in [0.3, 0.4) is 0 Å². The van der Waals surface area contributed by atoms with E-state index in [1.165, 1.54) is 19.9 Å². The molecule has 0 atom stereocenters. The number of nitrogens with one attached hydrogen (secondary N) is 1. The zero-order valence-corrected chi connectivity index (χ0v) is 16.3. The number of carbonyl (C=O) groups excluding carboxylic acids is 1. The van der Waals surface area contributed by atoms with Crippen LogP contribution >= 0.6 is 0 Å². The fraction of sp³-hybridized carbons (Fsp3) is 0.273. The Morgan fingerprint density at radius 1 is 1.04 bits per heavy atom. The van der Waals surface area contributed by atoms with Crippen molar-refractivity contribution in [1.29, 1.82) is 0 Å². The van der Waals surface area contributed by atoms with Gasteiger partial charge in [-0.3, -0.25) is 4.79 Å². The monoisotopic (exact) mass is 383 g/mol. The summed E-state index contributed by atoms with van der Waals surface area (Å²) in [5.74, 6) is 0.0631. The summed E-state index contributed by atoms with van der Waals surface area (Å²) in [7, 11) is 1.61. The van der Waals surface area contributed by atoms with E-state index in [1.54, 1.807) is 25.3 Å². The lowest BCUT2D eigenvalue weighted by Crippen LogP contribution is -2.37. The van der Waals surface area contributed by atoms with Gasteiger partial charge < -0.3 is 19.9 Å². The topological polar surface area (TPSA) is 84.9 Å². The van der Waals surface area contributed by atoms with Gasteiger partial charge in [-0.1, -0.05) is 24.3 Å². The number of carboxylic acids is 1. The van der Waals surface area contributed by atoms with E-state index in [0.29, 0.717) is 18.7 Å². The zero-order valence-electron chi connectivity index (χ0n) is 16.3. The maximum Gasteiger partial charge on any atom is 0.347 e. The van der Waals surface area contributed by atoms with E-state index in [1.807, 2.05) is 36.4 Å². The Bertz CT molecular complexity index is 823. The van der Waals surface area contributed by atoms with Crippen LogP contribution in [0.25, 0.3) is 6.08 Å². The van der Waals surface area contributed by atoms with Crippen molar-refractivity contribution in [2.45, 2.75) is 25.9 Å². The minimum Gasteiger partial charge on any atom is -0.497 e. The molecule has 0 aliphatic heterocycles. The highest BCUT2D eigenvalue weighted by Gasteiger charge is 2.29. The number of hydrogen-bond donors (Lipinski definition) is 2. The first kappa shape index (κ1) is 21.0. The van der Waals surface area contributed by atoms with Crippen molar-refractivity contribution in [2.24, 2.45) is 0 Å². The average Bonchev–Trinajstić information content (AvgIpc) is 2.68. The Hall–Kier alpha value is -3.28. The van der Waals surface area contributed by atoms with E-state index < -0.39 is 11.6 Å². The number of amides is 1. The highest BCUT2D eigenvalue weighted by atomic mass is 16.5. The largest absolute Gasteiger partial charge is 0.497 e. The van der Waals surface area contributed by atoms with Crippen LogP contribution in [-0.4, -0.2) is 36.2 Å². The molecule has 148 valence electrons. The molecule has 2 N–H and O–H groups in total. The molecule has 0 aliphatic carbocycles. The van der Waals surface area contributed by atoms with Gasteiger partial charge in [-0.05, 0) is 61.7 Å². The third-order valence-electron chi connectivity index (χ3n) is 4.07. The minimum absolute atomic E-state index is 0.168. The van der Waals surface area contributed by atoms with E-state index in [2.05, 4.69) is 5.32 Å². The predicted octanol–water partition coefficient (Wildman–Crippen LogP) is 3.31. The van der Waals surface area contributed by atoms with Crippen molar-refractivity contribution in [3.8, 4) is 11.5 Å². The van der Waals surface area contributed by atoms with Gasteiger partial charge in [-0.2, -0.15) is 0 Å². The van der Waals surface area contributed by atoms with Crippen LogP contribution < -0.4 is 14.8 Å². The van der Waals surface area contributed by atoms with Crippen molar-refractivity contribution in [3.63, 3.8) is 0 Å². The van der Waals surface area contributed by atoms with Crippen LogP contribution in [-0.2, 0) is 16.0 Å². The molecule has 0 heterocycles. The lowest BCUT2D eigenvalue weighted by molar-refractivity contribution is -0.152. The molecule has 0 spiro atoms. The van der Waals surface area contributed by atoms with Crippen molar-refractivity contribution in [2.75, 3.05) is 13.7 Å². The van der Waals surface area contributed by atoms with Crippen LogP contribution in [0.1, 0.15) is 25.0 Å². The van der Waals surface area contributed by atoms with Gasteiger partial charge in [-0.25, -0.2) is 4.79 Å². The summed E-state index contributed by atoms with van der Waals surface area (Å²) < 4.78 is 10.6. The van der Waals surface area contributed by atoms with Gasteiger partial charge in [0.1, 0.15) is 11.5 Å². The lowest BCUT2D eigenvalue weighted by Gasteiger charge is -2.21. The third kappa shape index (κ3) is 6.46. The van der Waals surface area contributed by atoms with E-state index in [-0.39, 0.29) is 5.91 Å². The molecule has 0 saturated heterocycles. The Kier molecular flexibility index (Phi) is 7.21. The molecule has 2 rings (SSSR count). The fourth-order valence-corrected chi connectivity index (χ4v) is 2.34. The molecule has 0 bridgehead atoms. The van der Waals surface area contributed by atoms with Crippen molar-refractivity contribution < 1.29 is 24.2 Å². The normalized spacial score (nSPS) is 11.2. The first-order valence-corrected chi connectivity index (χ1v) is 8.91. The summed E-state index contributed by atoms with van der Waals surface area (Å²) in [6.45, 7) is 3.49. The number of hydrogen-bond acceptors (Lipinski definition) is 4.